The lowest BCUT2D eigenvalue weighted by Crippen LogP contribution is -2.22. The van der Waals surface area contributed by atoms with Gasteiger partial charge in [-0.15, -0.1) is 0 Å². The summed E-state index contributed by atoms with van der Waals surface area (Å²) >= 11 is 15.1. The number of ether oxygens (including phenoxy) is 1. The van der Waals surface area contributed by atoms with Crippen molar-refractivity contribution in [2.75, 3.05) is 11.9 Å². The van der Waals surface area contributed by atoms with Gasteiger partial charge in [0.1, 0.15) is 5.75 Å². The van der Waals surface area contributed by atoms with Crippen LogP contribution in [0.3, 0.4) is 0 Å². The van der Waals surface area contributed by atoms with E-state index >= 15 is 0 Å². The third kappa shape index (κ3) is 4.21. The quantitative estimate of drug-likeness (QED) is 0.726. The highest BCUT2D eigenvalue weighted by Crippen LogP contribution is 2.27. The van der Waals surface area contributed by atoms with Gasteiger partial charge in [-0.1, -0.05) is 53.0 Å². The number of benzene rings is 1. The van der Waals surface area contributed by atoms with E-state index in [2.05, 4.69) is 29.8 Å². The largest absolute Gasteiger partial charge is 0.493 e. The molecule has 0 heterocycles. The summed E-state index contributed by atoms with van der Waals surface area (Å²) in [7, 11) is 0. The van der Waals surface area contributed by atoms with Crippen molar-refractivity contribution >= 4 is 39.1 Å². The summed E-state index contributed by atoms with van der Waals surface area (Å²) in [5.74, 6) is 0.749. The molecule has 0 saturated carbocycles. The van der Waals surface area contributed by atoms with E-state index in [0.717, 1.165) is 11.1 Å². The highest BCUT2D eigenvalue weighted by atomic mass is 79.9. The highest BCUT2D eigenvalue weighted by Gasteiger charge is 2.17. The van der Waals surface area contributed by atoms with Gasteiger partial charge in [0, 0.05) is 16.8 Å². The van der Waals surface area contributed by atoms with Crippen molar-refractivity contribution in [2.45, 2.75) is 13.8 Å². The molecule has 1 aromatic carbocycles. The molecule has 0 aliphatic heterocycles. The van der Waals surface area contributed by atoms with Crippen LogP contribution in [0.25, 0.3) is 0 Å². The van der Waals surface area contributed by atoms with Crippen LogP contribution in [0.4, 0.5) is 0 Å². The Kier molecular flexibility index (Phi) is 4.75. The summed E-state index contributed by atoms with van der Waals surface area (Å²) < 4.78 is 5.62. The second-order valence-electron chi connectivity index (χ2n) is 4.16. The predicted molar refractivity (Wildman–Crippen MR) is 69.5 cm³/mol. The first-order valence-electron chi connectivity index (χ1n) is 4.58. The molecule has 0 bridgehead atoms. The maximum Gasteiger partial charge on any atom is 0.120 e. The maximum atomic E-state index is 5.88. The van der Waals surface area contributed by atoms with Crippen molar-refractivity contribution in [1.29, 1.82) is 0 Å². The SMILES string of the molecule is CC(C)(CBr)COc1ccc(Cl)c(Cl)c1. The third-order valence-electron chi connectivity index (χ3n) is 1.88. The summed E-state index contributed by atoms with van der Waals surface area (Å²) in [5, 5.41) is 1.95. The number of alkyl halides is 1. The van der Waals surface area contributed by atoms with Crippen molar-refractivity contribution in [3.8, 4) is 5.75 Å². The normalized spacial score (nSPS) is 11.5. The van der Waals surface area contributed by atoms with Gasteiger partial charge in [0.15, 0.2) is 0 Å². The van der Waals surface area contributed by atoms with Crippen LogP contribution in [0.5, 0.6) is 5.75 Å². The van der Waals surface area contributed by atoms with Gasteiger partial charge in [-0.3, -0.25) is 0 Å². The van der Waals surface area contributed by atoms with Gasteiger partial charge in [0.25, 0.3) is 0 Å². The predicted octanol–water partition coefficient (Wildman–Crippen LogP) is 4.79. The molecular formula is C11H13BrCl2O. The summed E-state index contributed by atoms with van der Waals surface area (Å²) in [6.45, 7) is 4.88. The monoisotopic (exact) mass is 310 g/mol. The van der Waals surface area contributed by atoms with Gasteiger partial charge in [-0.25, -0.2) is 0 Å². The van der Waals surface area contributed by atoms with E-state index in [1.165, 1.54) is 0 Å². The second kappa shape index (κ2) is 5.42. The maximum absolute atomic E-state index is 5.88. The van der Waals surface area contributed by atoms with Crippen molar-refractivity contribution in [3.05, 3.63) is 28.2 Å². The fourth-order valence-electron chi connectivity index (χ4n) is 0.884. The smallest absolute Gasteiger partial charge is 0.120 e. The van der Waals surface area contributed by atoms with Crippen LogP contribution in [0.15, 0.2) is 18.2 Å². The molecule has 0 unspecified atom stereocenters. The number of halogens is 3. The van der Waals surface area contributed by atoms with Gasteiger partial charge in [0.05, 0.1) is 16.7 Å². The van der Waals surface area contributed by atoms with Crippen molar-refractivity contribution in [1.82, 2.24) is 0 Å². The molecule has 15 heavy (non-hydrogen) atoms. The molecule has 0 N–H and O–H groups in total. The minimum absolute atomic E-state index is 0.103. The molecule has 1 rings (SSSR count). The van der Waals surface area contributed by atoms with E-state index in [1.807, 2.05) is 6.07 Å². The zero-order valence-electron chi connectivity index (χ0n) is 8.69. The fourth-order valence-corrected chi connectivity index (χ4v) is 1.33. The Bertz CT molecular complexity index is 339. The van der Waals surface area contributed by atoms with Crippen LogP contribution in [0.2, 0.25) is 10.0 Å². The van der Waals surface area contributed by atoms with E-state index in [9.17, 15) is 0 Å². The van der Waals surface area contributed by atoms with Crippen LogP contribution in [0.1, 0.15) is 13.8 Å². The average molecular weight is 312 g/mol. The molecule has 1 nitrogen and oxygen atoms in total. The highest BCUT2D eigenvalue weighted by molar-refractivity contribution is 9.09. The van der Waals surface area contributed by atoms with Gasteiger partial charge in [0.2, 0.25) is 0 Å². The fraction of sp³-hybridized carbons (Fsp3) is 0.455. The van der Waals surface area contributed by atoms with Crippen molar-refractivity contribution in [2.24, 2.45) is 5.41 Å². The number of rotatable bonds is 4. The van der Waals surface area contributed by atoms with Crippen LogP contribution in [0, 0.1) is 5.41 Å². The lowest BCUT2D eigenvalue weighted by Gasteiger charge is -2.21. The van der Waals surface area contributed by atoms with E-state index < -0.39 is 0 Å². The zero-order chi connectivity index (χ0) is 11.5. The Morgan fingerprint density at radius 1 is 1.27 bits per heavy atom. The minimum Gasteiger partial charge on any atom is -0.493 e. The molecule has 0 fully saturated rings. The molecule has 1 aromatic rings. The molecule has 0 aromatic heterocycles. The molecule has 0 saturated heterocycles. The average Bonchev–Trinajstić information content (AvgIpc) is 2.20. The van der Waals surface area contributed by atoms with Crippen molar-refractivity contribution in [3.63, 3.8) is 0 Å². The summed E-state index contributed by atoms with van der Waals surface area (Å²) in [6.07, 6.45) is 0. The zero-order valence-corrected chi connectivity index (χ0v) is 11.8. The van der Waals surface area contributed by atoms with Crippen molar-refractivity contribution < 1.29 is 4.74 Å². The number of hydrogen-bond donors (Lipinski definition) is 0. The Labute approximate surface area is 109 Å². The van der Waals surface area contributed by atoms with Crippen LogP contribution >= 0.6 is 39.1 Å². The van der Waals surface area contributed by atoms with E-state index in [0.29, 0.717) is 16.7 Å². The van der Waals surface area contributed by atoms with E-state index in [-0.39, 0.29) is 5.41 Å². The molecule has 0 spiro atoms. The topological polar surface area (TPSA) is 9.23 Å². The van der Waals surface area contributed by atoms with Crippen LogP contribution in [-0.4, -0.2) is 11.9 Å². The molecule has 0 radical (unpaired) electrons. The molecule has 0 atom stereocenters. The molecule has 0 aliphatic carbocycles. The van der Waals surface area contributed by atoms with Gasteiger partial charge < -0.3 is 4.74 Å². The van der Waals surface area contributed by atoms with Crippen LogP contribution in [-0.2, 0) is 0 Å². The molecule has 4 heteroatoms. The Hall–Kier alpha value is 0.0800. The molecule has 84 valence electrons. The first kappa shape index (κ1) is 13.1. The summed E-state index contributed by atoms with van der Waals surface area (Å²) in [4.78, 5) is 0. The third-order valence-corrected chi connectivity index (χ3v) is 4.14. The lowest BCUT2D eigenvalue weighted by atomic mass is 9.98. The molecule has 0 aliphatic rings. The first-order chi connectivity index (χ1) is 6.94. The Balaban J connectivity index is 2.62. The van der Waals surface area contributed by atoms with Crippen LogP contribution < -0.4 is 4.74 Å². The lowest BCUT2D eigenvalue weighted by molar-refractivity contribution is 0.203. The van der Waals surface area contributed by atoms with E-state index in [1.54, 1.807) is 12.1 Å². The Morgan fingerprint density at radius 3 is 2.47 bits per heavy atom. The van der Waals surface area contributed by atoms with Gasteiger partial charge in [-0.2, -0.15) is 0 Å². The molecular weight excluding hydrogens is 299 g/mol. The standard InChI is InChI=1S/C11H13BrCl2O/c1-11(2,6-12)7-15-8-3-4-9(13)10(14)5-8/h3-5H,6-7H2,1-2H3. The summed E-state index contributed by atoms with van der Waals surface area (Å²) in [6, 6.07) is 5.28. The summed E-state index contributed by atoms with van der Waals surface area (Å²) in [5.41, 5.74) is 0.103. The second-order valence-corrected chi connectivity index (χ2v) is 5.54. The Morgan fingerprint density at radius 2 is 1.93 bits per heavy atom. The minimum atomic E-state index is 0.103. The van der Waals surface area contributed by atoms with E-state index in [4.69, 9.17) is 27.9 Å². The van der Waals surface area contributed by atoms with Gasteiger partial charge >= 0.3 is 0 Å². The molecule has 0 amide bonds. The number of hydrogen-bond acceptors (Lipinski definition) is 1. The van der Waals surface area contributed by atoms with Gasteiger partial charge in [-0.05, 0) is 12.1 Å². The first-order valence-corrected chi connectivity index (χ1v) is 6.46.